The van der Waals surface area contributed by atoms with Crippen molar-refractivity contribution in [2.75, 3.05) is 6.54 Å². The fourth-order valence-electron chi connectivity index (χ4n) is 1.80. The van der Waals surface area contributed by atoms with E-state index < -0.39 is 6.36 Å². The minimum atomic E-state index is -4.76. The standard InChI is InChI=1S/C14H19F3N2O2/c1-2-10(8-18)7-13(20)19-9-11-5-3-4-6-12(11)21-14(15,16)17/h3-6,10H,2,7-9,18H2,1H3,(H,19,20). The quantitative estimate of drug-likeness (QED) is 0.814. The molecule has 7 heteroatoms. The summed E-state index contributed by atoms with van der Waals surface area (Å²) in [5, 5.41) is 2.58. The third-order valence-corrected chi connectivity index (χ3v) is 3.06. The summed E-state index contributed by atoms with van der Waals surface area (Å²) < 4.78 is 40.7. The van der Waals surface area contributed by atoms with E-state index >= 15 is 0 Å². The first-order valence-corrected chi connectivity index (χ1v) is 6.66. The fraction of sp³-hybridized carbons (Fsp3) is 0.500. The molecule has 4 nitrogen and oxygen atoms in total. The molecule has 0 aromatic heterocycles. The van der Waals surface area contributed by atoms with Gasteiger partial charge in [0.25, 0.3) is 0 Å². The first-order chi connectivity index (χ1) is 9.85. The lowest BCUT2D eigenvalue weighted by atomic mass is 10.0. The van der Waals surface area contributed by atoms with Crippen LogP contribution in [0.1, 0.15) is 25.3 Å². The Morgan fingerprint density at radius 2 is 2.05 bits per heavy atom. The molecule has 1 rings (SSSR count). The van der Waals surface area contributed by atoms with Crippen molar-refractivity contribution < 1.29 is 22.7 Å². The van der Waals surface area contributed by atoms with E-state index in [0.29, 0.717) is 6.54 Å². The smallest absolute Gasteiger partial charge is 0.405 e. The SMILES string of the molecule is CCC(CN)CC(=O)NCc1ccccc1OC(F)(F)F. The van der Waals surface area contributed by atoms with Crippen molar-refractivity contribution in [3.8, 4) is 5.75 Å². The zero-order chi connectivity index (χ0) is 15.9. The Labute approximate surface area is 121 Å². The molecule has 1 aromatic carbocycles. The predicted molar refractivity (Wildman–Crippen MR) is 72.4 cm³/mol. The van der Waals surface area contributed by atoms with Crippen molar-refractivity contribution in [3.05, 3.63) is 29.8 Å². The number of carbonyl (C=O) groups excluding carboxylic acids is 1. The Hall–Kier alpha value is -1.76. The van der Waals surface area contributed by atoms with Gasteiger partial charge >= 0.3 is 6.36 Å². The molecule has 118 valence electrons. The molecule has 3 N–H and O–H groups in total. The van der Waals surface area contributed by atoms with E-state index in [1.807, 2.05) is 6.92 Å². The fourth-order valence-corrected chi connectivity index (χ4v) is 1.80. The summed E-state index contributed by atoms with van der Waals surface area (Å²) in [5.41, 5.74) is 5.77. The number of alkyl halides is 3. The van der Waals surface area contributed by atoms with Crippen LogP contribution in [0.3, 0.4) is 0 Å². The van der Waals surface area contributed by atoms with E-state index in [-0.39, 0.29) is 36.1 Å². The van der Waals surface area contributed by atoms with Gasteiger partial charge in [-0.25, -0.2) is 0 Å². The van der Waals surface area contributed by atoms with E-state index in [2.05, 4.69) is 10.1 Å². The highest BCUT2D eigenvalue weighted by molar-refractivity contribution is 5.76. The first-order valence-electron chi connectivity index (χ1n) is 6.66. The maximum absolute atomic E-state index is 12.3. The molecule has 1 aromatic rings. The van der Waals surface area contributed by atoms with Crippen LogP contribution in [-0.4, -0.2) is 18.8 Å². The third-order valence-electron chi connectivity index (χ3n) is 3.06. The second-order valence-electron chi connectivity index (χ2n) is 4.65. The molecule has 0 aliphatic heterocycles. The molecule has 0 fully saturated rings. The van der Waals surface area contributed by atoms with Gasteiger partial charge in [0, 0.05) is 18.5 Å². The summed E-state index contributed by atoms with van der Waals surface area (Å²) in [6.45, 7) is 2.31. The Kier molecular flexibility index (Phi) is 6.48. The second-order valence-corrected chi connectivity index (χ2v) is 4.65. The highest BCUT2D eigenvalue weighted by Gasteiger charge is 2.31. The molecule has 0 radical (unpaired) electrons. The number of halogens is 3. The van der Waals surface area contributed by atoms with Crippen LogP contribution in [0.15, 0.2) is 24.3 Å². The Bertz CT molecular complexity index is 460. The third kappa shape index (κ3) is 6.48. The van der Waals surface area contributed by atoms with E-state index in [1.165, 1.54) is 18.2 Å². The number of hydrogen-bond acceptors (Lipinski definition) is 3. The van der Waals surface area contributed by atoms with Crippen LogP contribution >= 0.6 is 0 Å². The maximum Gasteiger partial charge on any atom is 0.573 e. The van der Waals surface area contributed by atoms with Crippen LogP contribution in [0.4, 0.5) is 13.2 Å². The van der Waals surface area contributed by atoms with Crippen LogP contribution in [0.5, 0.6) is 5.75 Å². The summed E-state index contributed by atoms with van der Waals surface area (Å²) in [6.07, 6.45) is -3.72. The summed E-state index contributed by atoms with van der Waals surface area (Å²) in [6, 6.07) is 5.71. The molecule has 0 spiro atoms. The highest BCUT2D eigenvalue weighted by atomic mass is 19.4. The number of para-hydroxylation sites is 1. The van der Waals surface area contributed by atoms with Crippen molar-refractivity contribution >= 4 is 5.91 Å². The number of nitrogens with two attached hydrogens (primary N) is 1. The molecule has 0 heterocycles. The molecular formula is C14H19F3N2O2. The zero-order valence-corrected chi connectivity index (χ0v) is 11.7. The van der Waals surface area contributed by atoms with E-state index in [9.17, 15) is 18.0 Å². The first kappa shape index (κ1) is 17.3. The monoisotopic (exact) mass is 304 g/mol. The predicted octanol–water partition coefficient (Wildman–Crippen LogP) is 2.58. The lowest BCUT2D eigenvalue weighted by Crippen LogP contribution is -2.28. The summed E-state index contributed by atoms with van der Waals surface area (Å²) >= 11 is 0. The average Bonchev–Trinajstić information content (AvgIpc) is 2.42. The van der Waals surface area contributed by atoms with Crippen LogP contribution < -0.4 is 15.8 Å². The topological polar surface area (TPSA) is 64.4 Å². The number of ether oxygens (including phenoxy) is 1. The van der Waals surface area contributed by atoms with E-state index in [1.54, 1.807) is 6.07 Å². The van der Waals surface area contributed by atoms with Gasteiger partial charge in [0.2, 0.25) is 5.91 Å². The van der Waals surface area contributed by atoms with Gasteiger partial charge in [0.1, 0.15) is 5.75 Å². The summed E-state index contributed by atoms with van der Waals surface area (Å²) in [4.78, 5) is 11.7. The summed E-state index contributed by atoms with van der Waals surface area (Å²) in [7, 11) is 0. The molecule has 0 aliphatic carbocycles. The largest absolute Gasteiger partial charge is 0.573 e. The lowest BCUT2D eigenvalue weighted by molar-refractivity contribution is -0.274. The van der Waals surface area contributed by atoms with Gasteiger partial charge in [-0.15, -0.1) is 13.2 Å². The van der Waals surface area contributed by atoms with Crippen LogP contribution in [0, 0.1) is 5.92 Å². The number of benzene rings is 1. The van der Waals surface area contributed by atoms with Crippen LogP contribution in [0.25, 0.3) is 0 Å². The maximum atomic E-state index is 12.3. The van der Waals surface area contributed by atoms with Crippen molar-refractivity contribution in [2.24, 2.45) is 11.7 Å². The Balaban J connectivity index is 2.61. The molecule has 0 saturated carbocycles. The second kappa shape index (κ2) is 7.87. The van der Waals surface area contributed by atoms with E-state index in [0.717, 1.165) is 6.42 Å². The van der Waals surface area contributed by atoms with Crippen molar-refractivity contribution in [1.82, 2.24) is 5.32 Å². The van der Waals surface area contributed by atoms with Crippen molar-refractivity contribution in [1.29, 1.82) is 0 Å². The molecule has 1 unspecified atom stereocenters. The molecular weight excluding hydrogens is 285 g/mol. The van der Waals surface area contributed by atoms with Crippen LogP contribution in [-0.2, 0) is 11.3 Å². The van der Waals surface area contributed by atoms with Gasteiger partial charge in [-0.2, -0.15) is 0 Å². The van der Waals surface area contributed by atoms with Gasteiger partial charge in [-0.05, 0) is 18.5 Å². The average molecular weight is 304 g/mol. The molecule has 21 heavy (non-hydrogen) atoms. The van der Waals surface area contributed by atoms with Gasteiger partial charge in [0.15, 0.2) is 0 Å². The zero-order valence-electron chi connectivity index (χ0n) is 11.7. The Morgan fingerprint density at radius 3 is 2.62 bits per heavy atom. The van der Waals surface area contributed by atoms with Gasteiger partial charge < -0.3 is 15.8 Å². The molecule has 1 atom stereocenters. The number of carbonyl (C=O) groups is 1. The van der Waals surface area contributed by atoms with Crippen molar-refractivity contribution in [2.45, 2.75) is 32.7 Å². The van der Waals surface area contributed by atoms with E-state index in [4.69, 9.17) is 5.73 Å². The van der Waals surface area contributed by atoms with Gasteiger partial charge in [-0.3, -0.25) is 4.79 Å². The normalized spacial score (nSPS) is 12.8. The molecule has 0 bridgehead atoms. The van der Waals surface area contributed by atoms with Gasteiger partial charge in [0.05, 0.1) is 0 Å². The number of rotatable bonds is 7. The van der Waals surface area contributed by atoms with Crippen LogP contribution in [0.2, 0.25) is 0 Å². The molecule has 0 aliphatic rings. The Morgan fingerprint density at radius 1 is 1.38 bits per heavy atom. The summed E-state index contributed by atoms with van der Waals surface area (Å²) in [5.74, 6) is -0.475. The van der Waals surface area contributed by atoms with Crippen molar-refractivity contribution in [3.63, 3.8) is 0 Å². The number of hydrogen-bond donors (Lipinski definition) is 2. The molecule has 1 amide bonds. The minimum absolute atomic E-state index is 0.0217. The highest BCUT2D eigenvalue weighted by Crippen LogP contribution is 2.26. The number of amides is 1. The minimum Gasteiger partial charge on any atom is -0.405 e. The number of nitrogens with one attached hydrogen (secondary N) is 1. The lowest BCUT2D eigenvalue weighted by Gasteiger charge is -2.15. The van der Waals surface area contributed by atoms with Gasteiger partial charge in [-0.1, -0.05) is 31.5 Å². The molecule has 0 saturated heterocycles.